The van der Waals surface area contributed by atoms with E-state index in [1.54, 1.807) is 26.0 Å². The highest BCUT2D eigenvalue weighted by Gasteiger charge is 2.06. The van der Waals surface area contributed by atoms with Gasteiger partial charge in [0.05, 0.1) is 0 Å². The molecular weight excluding hydrogens is 196 g/mol. The van der Waals surface area contributed by atoms with Crippen LogP contribution in [-0.2, 0) is 4.79 Å². The third-order valence-corrected chi connectivity index (χ3v) is 2.04. The summed E-state index contributed by atoms with van der Waals surface area (Å²) in [6, 6.07) is 3.35. The van der Waals surface area contributed by atoms with Gasteiger partial charge in [-0.05, 0) is 37.1 Å². The molecule has 0 saturated heterocycles. The van der Waals surface area contributed by atoms with Gasteiger partial charge in [0.2, 0.25) is 0 Å². The number of hydrogen-bond donors (Lipinski definition) is 1. The average molecular weight is 208 g/mol. The van der Waals surface area contributed by atoms with Gasteiger partial charge >= 0.3 is 5.97 Å². The number of aliphatic carboxylic acids is 1. The van der Waals surface area contributed by atoms with E-state index < -0.39 is 5.97 Å². The zero-order chi connectivity index (χ0) is 11.4. The molecule has 0 atom stereocenters. The van der Waals surface area contributed by atoms with Gasteiger partial charge in [0.25, 0.3) is 0 Å². The predicted octanol–water partition coefficient (Wildman–Crippen LogP) is 1.58. The van der Waals surface area contributed by atoms with Gasteiger partial charge in [-0.2, -0.15) is 0 Å². The molecule has 0 radical (unpaired) electrons. The molecule has 1 rings (SSSR count). The van der Waals surface area contributed by atoms with Gasteiger partial charge in [0.15, 0.2) is 6.61 Å². The van der Waals surface area contributed by atoms with Crippen molar-refractivity contribution in [3.63, 3.8) is 0 Å². The number of hydrogen-bond acceptors (Lipinski definition) is 3. The van der Waals surface area contributed by atoms with E-state index in [1.807, 2.05) is 0 Å². The number of rotatable bonds is 4. The summed E-state index contributed by atoms with van der Waals surface area (Å²) in [6.45, 7) is 3.17. The molecule has 0 aliphatic carbocycles. The van der Waals surface area contributed by atoms with E-state index in [0.29, 0.717) is 11.3 Å². The summed E-state index contributed by atoms with van der Waals surface area (Å²) in [5, 5.41) is 8.45. The summed E-state index contributed by atoms with van der Waals surface area (Å²) in [4.78, 5) is 20.9. The van der Waals surface area contributed by atoms with Crippen molar-refractivity contribution in [1.82, 2.24) is 0 Å². The lowest BCUT2D eigenvalue weighted by atomic mass is 10.1. The van der Waals surface area contributed by atoms with Crippen LogP contribution >= 0.6 is 0 Å². The summed E-state index contributed by atoms with van der Waals surface area (Å²) < 4.78 is 5.06. The molecule has 1 aromatic rings. The Morgan fingerprint density at radius 2 is 2.07 bits per heavy atom. The lowest BCUT2D eigenvalue weighted by Gasteiger charge is -2.09. The van der Waals surface area contributed by atoms with Crippen LogP contribution < -0.4 is 4.74 Å². The van der Waals surface area contributed by atoms with Gasteiger partial charge in [0.1, 0.15) is 12.0 Å². The predicted molar refractivity (Wildman–Crippen MR) is 54.4 cm³/mol. The molecular formula is C11H12O4. The topological polar surface area (TPSA) is 63.6 Å². The van der Waals surface area contributed by atoms with E-state index >= 15 is 0 Å². The Morgan fingerprint density at radius 3 is 2.60 bits per heavy atom. The van der Waals surface area contributed by atoms with Crippen molar-refractivity contribution in [3.8, 4) is 5.75 Å². The quantitative estimate of drug-likeness (QED) is 0.763. The van der Waals surface area contributed by atoms with Gasteiger partial charge in [-0.25, -0.2) is 4.79 Å². The maximum Gasteiger partial charge on any atom is 0.341 e. The minimum absolute atomic E-state index is 0.374. The van der Waals surface area contributed by atoms with Crippen LogP contribution in [0.5, 0.6) is 5.75 Å². The van der Waals surface area contributed by atoms with Crippen molar-refractivity contribution >= 4 is 12.3 Å². The van der Waals surface area contributed by atoms with Crippen LogP contribution in [0.25, 0.3) is 0 Å². The van der Waals surface area contributed by atoms with Gasteiger partial charge in [0, 0.05) is 5.56 Å². The van der Waals surface area contributed by atoms with Gasteiger partial charge in [-0.3, -0.25) is 4.79 Å². The molecule has 1 N–H and O–H groups in total. The maximum atomic E-state index is 10.6. The second-order valence-electron chi connectivity index (χ2n) is 3.27. The number of ether oxygens (including phenoxy) is 1. The highest BCUT2D eigenvalue weighted by molar-refractivity contribution is 5.78. The van der Waals surface area contributed by atoms with Gasteiger partial charge in [-0.1, -0.05) is 0 Å². The van der Waals surface area contributed by atoms with Crippen molar-refractivity contribution in [1.29, 1.82) is 0 Å². The molecule has 0 aliphatic rings. The Morgan fingerprint density at radius 1 is 1.40 bits per heavy atom. The van der Waals surface area contributed by atoms with Crippen molar-refractivity contribution in [3.05, 3.63) is 28.8 Å². The monoisotopic (exact) mass is 208 g/mol. The van der Waals surface area contributed by atoms with E-state index in [4.69, 9.17) is 9.84 Å². The molecule has 0 fully saturated rings. The minimum Gasteiger partial charge on any atom is -0.482 e. The number of benzene rings is 1. The average Bonchev–Trinajstić information content (AvgIpc) is 2.18. The fourth-order valence-corrected chi connectivity index (χ4v) is 1.23. The third-order valence-electron chi connectivity index (χ3n) is 2.04. The first-order chi connectivity index (χ1) is 7.04. The second-order valence-corrected chi connectivity index (χ2v) is 3.27. The van der Waals surface area contributed by atoms with Crippen LogP contribution in [0.4, 0.5) is 0 Å². The Labute approximate surface area is 87.5 Å². The first kappa shape index (κ1) is 11.2. The number of aryl methyl sites for hydroxylation is 2. The van der Waals surface area contributed by atoms with Gasteiger partial charge < -0.3 is 9.84 Å². The Balaban J connectivity index is 2.94. The molecule has 15 heavy (non-hydrogen) atoms. The van der Waals surface area contributed by atoms with Crippen LogP contribution in [0.2, 0.25) is 0 Å². The maximum absolute atomic E-state index is 10.6. The van der Waals surface area contributed by atoms with Gasteiger partial charge in [-0.15, -0.1) is 0 Å². The van der Waals surface area contributed by atoms with Crippen LogP contribution in [0.3, 0.4) is 0 Å². The smallest absolute Gasteiger partial charge is 0.341 e. The largest absolute Gasteiger partial charge is 0.482 e. The normalized spacial score (nSPS) is 9.73. The van der Waals surface area contributed by atoms with Crippen molar-refractivity contribution in [2.75, 3.05) is 6.61 Å². The lowest BCUT2D eigenvalue weighted by Crippen LogP contribution is -2.10. The minimum atomic E-state index is -1.02. The number of aldehydes is 1. The van der Waals surface area contributed by atoms with E-state index in [-0.39, 0.29) is 6.61 Å². The number of carbonyl (C=O) groups is 2. The van der Waals surface area contributed by atoms with Crippen molar-refractivity contribution in [2.24, 2.45) is 0 Å². The SMILES string of the molecule is Cc1cc(OCC(=O)O)c(C)cc1C=O. The van der Waals surface area contributed by atoms with Crippen LogP contribution in [-0.4, -0.2) is 24.0 Å². The summed E-state index contributed by atoms with van der Waals surface area (Å²) in [5.74, 6) is -0.521. The van der Waals surface area contributed by atoms with E-state index in [2.05, 4.69) is 0 Å². The molecule has 0 aliphatic heterocycles. The lowest BCUT2D eigenvalue weighted by molar-refractivity contribution is -0.139. The molecule has 0 aromatic heterocycles. The Kier molecular flexibility index (Phi) is 3.44. The Bertz CT molecular complexity index is 396. The number of carboxylic acids is 1. The van der Waals surface area contributed by atoms with Crippen LogP contribution in [0.1, 0.15) is 21.5 Å². The fraction of sp³-hybridized carbons (Fsp3) is 0.273. The summed E-state index contributed by atoms with van der Waals surface area (Å²) in [7, 11) is 0. The molecule has 0 spiro atoms. The highest BCUT2D eigenvalue weighted by Crippen LogP contribution is 2.21. The van der Waals surface area contributed by atoms with Crippen molar-refractivity contribution in [2.45, 2.75) is 13.8 Å². The standard InChI is InChI=1S/C11H12O4/c1-7-4-10(15-6-11(13)14)8(2)3-9(7)5-12/h3-5H,6H2,1-2H3,(H,13,14). The zero-order valence-corrected chi connectivity index (χ0v) is 8.61. The molecule has 0 bridgehead atoms. The van der Waals surface area contributed by atoms with E-state index in [1.165, 1.54) is 0 Å². The fourth-order valence-electron chi connectivity index (χ4n) is 1.23. The number of carboxylic acid groups (broad SMARTS) is 1. The van der Waals surface area contributed by atoms with Crippen LogP contribution in [0, 0.1) is 13.8 Å². The molecule has 4 nitrogen and oxygen atoms in total. The molecule has 4 heteroatoms. The first-order valence-electron chi connectivity index (χ1n) is 4.45. The van der Waals surface area contributed by atoms with Crippen molar-refractivity contribution < 1.29 is 19.4 Å². The Hall–Kier alpha value is -1.84. The highest BCUT2D eigenvalue weighted by atomic mass is 16.5. The zero-order valence-electron chi connectivity index (χ0n) is 8.61. The molecule has 1 aromatic carbocycles. The summed E-state index contributed by atoms with van der Waals surface area (Å²) in [5.41, 5.74) is 2.12. The first-order valence-corrected chi connectivity index (χ1v) is 4.45. The van der Waals surface area contributed by atoms with E-state index in [9.17, 15) is 9.59 Å². The molecule has 0 saturated carbocycles. The third kappa shape index (κ3) is 2.80. The molecule has 0 heterocycles. The molecule has 80 valence electrons. The summed E-state index contributed by atoms with van der Waals surface area (Å²) >= 11 is 0. The van der Waals surface area contributed by atoms with E-state index in [0.717, 1.165) is 17.4 Å². The second kappa shape index (κ2) is 4.59. The summed E-state index contributed by atoms with van der Waals surface area (Å²) in [6.07, 6.45) is 0.767. The van der Waals surface area contributed by atoms with Crippen LogP contribution in [0.15, 0.2) is 12.1 Å². The number of carbonyl (C=O) groups excluding carboxylic acids is 1. The molecule has 0 unspecified atom stereocenters. The molecule has 0 amide bonds.